The van der Waals surface area contributed by atoms with E-state index in [4.69, 9.17) is 4.74 Å². The van der Waals surface area contributed by atoms with Crippen LogP contribution in [0.2, 0.25) is 0 Å². The van der Waals surface area contributed by atoms with Gasteiger partial charge in [-0.05, 0) is 44.7 Å². The van der Waals surface area contributed by atoms with Gasteiger partial charge in [-0.1, -0.05) is 0 Å². The lowest BCUT2D eigenvalue weighted by molar-refractivity contribution is -0.0720. The van der Waals surface area contributed by atoms with Crippen molar-refractivity contribution in [1.82, 2.24) is 15.1 Å². The monoisotopic (exact) mass is 348 g/mol. The summed E-state index contributed by atoms with van der Waals surface area (Å²) in [5.74, 6) is 1.10. The number of esters is 1. The Kier molecular flexibility index (Phi) is 5.86. The summed E-state index contributed by atoms with van der Waals surface area (Å²) in [5.41, 5.74) is 0.247. The van der Waals surface area contributed by atoms with Gasteiger partial charge in [0.25, 0.3) is 0 Å². The highest BCUT2D eigenvalue weighted by Gasteiger charge is 2.27. The van der Waals surface area contributed by atoms with Crippen LogP contribution in [0, 0.1) is 5.92 Å². The minimum absolute atomic E-state index is 0.247. The lowest BCUT2D eigenvalue weighted by Gasteiger charge is -2.39. The van der Waals surface area contributed by atoms with E-state index >= 15 is 0 Å². The van der Waals surface area contributed by atoms with E-state index < -0.39 is 5.97 Å². The predicted octanol–water partition coefficient (Wildman–Crippen LogP) is 1.59. The van der Waals surface area contributed by atoms with E-state index in [1.54, 1.807) is 6.07 Å². The third kappa shape index (κ3) is 4.67. The molecule has 138 valence electrons. The first-order chi connectivity index (χ1) is 12.0. The van der Waals surface area contributed by atoms with Crippen LogP contribution in [-0.2, 0) is 9.47 Å². The van der Waals surface area contributed by atoms with Gasteiger partial charge < -0.3 is 14.4 Å². The number of anilines is 1. The Hall–Kier alpha value is -1.73. The zero-order valence-electron chi connectivity index (χ0n) is 15.4. The van der Waals surface area contributed by atoms with E-state index in [-0.39, 0.29) is 5.69 Å². The van der Waals surface area contributed by atoms with Crippen LogP contribution in [0.15, 0.2) is 12.1 Å². The van der Waals surface area contributed by atoms with Crippen LogP contribution in [0.25, 0.3) is 0 Å². The maximum Gasteiger partial charge on any atom is 0.358 e. The molecule has 0 bridgehead atoms. The molecule has 2 aliphatic rings. The molecule has 0 radical (unpaired) electrons. The molecule has 2 atom stereocenters. The highest BCUT2D eigenvalue weighted by atomic mass is 16.5. The molecule has 2 saturated heterocycles. The summed E-state index contributed by atoms with van der Waals surface area (Å²) in [6, 6.07) is 3.53. The summed E-state index contributed by atoms with van der Waals surface area (Å²) in [5, 5.41) is 8.15. The normalized spacial score (nSPS) is 25.8. The number of nitrogens with zero attached hydrogens (tertiary/aromatic N) is 4. The van der Waals surface area contributed by atoms with Crippen molar-refractivity contribution in [2.24, 2.45) is 5.92 Å². The predicted molar refractivity (Wildman–Crippen MR) is 94.8 cm³/mol. The quantitative estimate of drug-likeness (QED) is 0.765. The molecule has 0 N–H and O–H groups in total. The Bertz CT molecular complexity index is 562. The molecule has 1 aromatic heterocycles. The largest absolute Gasteiger partial charge is 0.464 e. The van der Waals surface area contributed by atoms with Gasteiger partial charge in [0.05, 0.1) is 19.3 Å². The van der Waals surface area contributed by atoms with Gasteiger partial charge in [-0.25, -0.2) is 4.79 Å². The second-order valence-corrected chi connectivity index (χ2v) is 7.17. The van der Waals surface area contributed by atoms with Gasteiger partial charge in [-0.15, -0.1) is 10.2 Å². The molecule has 0 spiro atoms. The summed E-state index contributed by atoms with van der Waals surface area (Å²) >= 11 is 0. The summed E-state index contributed by atoms with van der Waals surface area (Å²) in [4.78, 5) is 16.2. The van der Waals surface area contributed by atoms with Crippen LogP contribution in [0.3, 0.4) is 0 Å². The number of methoxy groups -OCH3 is 1. The lowest BCUT2D eigenvalue weighted by Crippen LogP contribution is -2.48. The first kappa shape index (κ1) is 18.1. The number of carbonyl (C=O) groups is 1. The molecule has 1 aromatic rings. The maximum atomic E-state index is 11.4. The van der Waals surface area contributed by atoms with Gasteiger partial charge in [-0.2, -0.15) is 0 Å². The first-order valence-corrected chi connectivity index (χ1v) is 9.10. The van der Waals surface area contributed by atoms with Crippen molar-refractivity contribution < 1.29 is 14.3 Å². The van der Waals surface area contributed by atoms with Crippen LogP contribution in [0.1, 0.15) is 37.2 Å². The van der Waals surface area contributed by atoms with Crippen LogP contribution in [0.4, 0.5) is 5.82 Å². The number of hydrogen-bond acceptors (Lipinski definition) is 7. The Morgan fingerprint density at radius 3 is 2.44 bits per heavy atom. The Labute approximate surface area is 149 Å². The Balaban J connectivity index is 1.49. The van der Waals surface area contributed by atoms with Crippen molar-refractivity contribution in [2.45, 2.75) is 38.9 Å². The minimum atomic E-state index is -0.452. The van der Waals surface area contributed by atoms with E-state index in [0.29, 0.717) is 12.2 Å². The molecule has 2 aliphatic heterocycles. The van der Waals surface area contributed by atoms with Crippen molar-refractivity contribution in [3.63, 3.8) is 0 Å². The maximum absolute atomic E-state index is 11.4. The highest BCUT2D eigenvalue weighted by Crippen LogP contribution is 2.23. The molecule has 7 heteroatoms. The summed E-state index contributed by atoms with van der Waals surface area (Å²) in [6.07, 6.45) is 2.96. The zero-order valence-corrected chi connectivity index (χ0v) is 15.4. The standard InChI is InChI=1S/C18H28N4O3/c1-13-10-21(11-14(2)25-13)12-15-6-8-22(9-7-15)17-5-4-16(19-20-17)18(23)24-3/h4-5,13-15H,6-12H2,1-3H3. The van der Waals surface area contributed by atoms with Gasteiger partial charge in [-0.3, -0.25) is 4.90 Å². The summed E-state index contributed by atoms with van der Waals surface area (Å²) in [7, 11) is 1.35. The Morgan fingerprint density at radius 2 is 1.88 bits per heavy atom. The van der Waals surface area contributed by atoms with Crippen molar-refractivity contribution in [1.29, 1.82) is 0 Å². The molecular weight excluding hydrogens is 320 g/mol. The van der Waals surface area contributed by atoms with Crippen LogP contribution in [0.5, 0.6) is 0 Å². The SMILES string of the molecule is COC(=O)c1ccc(N2CCC(CN3CC(C)OC(C)C3)CC2)nn1. The van der Waals surface area contributed by atoms with Crippen molar-refractivity contribution in [3.8, 4) is 0 Å². The van der Waals surface area contributed by atoms with E-state index in [2.05, 4.69) is 38.6 Å². The van der Waals surface area contributed by atoms with E-state index in [1.807, 2.05) is 6.07 Å². The first-order valence-electron chi connectivity index (χ1n) is 9.10. The van der Waals surface area contributed by atoms with E-state index in [9.17, 15) is 4.79 Å². The van der Waals surface area contributed by atoms with Gasteiger partial charge in [0.2, 0.25) is 0 Å². The highest BCUT2D eigenvalue weighted by molar-refractivity contribution is 5.86. The van der Waals surface area contributed by atoms with Gasteiger partial charge in [0, 0.05) is 32.7 Å². The van der Waals surface area contributed by atoms with Gasteiger partial charge >= 0.3 is 5.97 Å². The molecule has 0 aliphatic carbocycles. The molecule has 0 saturated carbocycles. The van der Waals surface area contributed by atoms with Crippen molar-refractivity contribution in [2.75, 3.05) is 44.7 Å². The molecule has 0 aromatic carbocycles. The molecule has 2 fully saturated rings. The zero-order chi connectivity index (χ0) is 17.8. The van der Waals surface area contributed by atoms with E-state index in [1.165, 1.54) is 7.11 Å². The average molecular weight is 348 g/mol. The second-order valence-electron chi connectivity index (χ2n) is 7.17. The van der Waals surface area contributed by atoms with Crippen LogP contribution >= 0.6 is 0 Å². The minimum Gasteiger partial charge on any atom is -0.464 e. The fraction of sp³-hybridized carbons (Fsp3) is 0.722. The number of ether oxygens (including phenoxy) is 2. The van der Waals surface area contributed by atoms with Crippen molar-refractivity contribution >= 4 is 11.8 Å². The van der Waals surface area contributed by atoms with Gasteiger partial charge in [0.1, 0.15) is 0 Å². The smallest absolute Gasteiger partial charge is 0.358 e. The summed E-state index contributed by atoms with van der Waals surface area (Å²) in [6.45, 7) is 9.48. The van der Waals surface area contributed by atoms with Crippen LogP contribution in [-0.4, -0.2) is 73.1 Å². The summed E-state index contributed by atoms with van der Waals surface area (Å²) < 4.78 is 10.5. The number of aromatic nitrogens is 2. The molecule has 7 nitrogen and oxygen atoms in total. The average Bonchev–Trinajstić information content (AvgIpc) is 2.61. The molecule has 0 amide bonds. The number of piperidine rings is 1. The number of carbonyl (C=O) groups excluding carboxylic acids is 1. The lowest BCUT2D eigenvalue weighted by atomic mass is 9.95. The molecule has 25 heavy (non-hydrogen) atoms. The molecule has 2 unspecified atom stereocenters. The number of rotatable bonds is 4. The second kappa shape index (κ2) is 8.10. The number of hydrogen-bond donors (Lipinski definition) is 0. The van der Waals surface area contributed by atoms with Crippen molar-refractivity contribution in [3.05, 3.63) is 17.8 Å². The molecular formula is C18H28N4O3. The van der Waals surface area contributed by atoms with Gasteiger partial charge in [0.15, 0.2) is 11.5 Å². The van der Waals surface area contributed by atoms with Crippen LogP contribution < -0.4 is 4.90 Å². The van der Waals surface area contributed by atoms with E-state index in [0.717, 1.165) is 57.3 Å². The Morgan fingerprint density at radius 1 is 1.20 bits per heavy atom. The third-order valence-corrected chi connectivity index (χ3v) is 5.00. The third-order valence-electron chi connectivity index (χ3n) is 5.00. The fourth-order valence-corrected chi connectivity index (χ4v) is 3.85. The topological polar surface area (TPSA) is 67.8 Å². The molecule has 3 heterocycles. The fourth-order valence-electron chi connectivity index (χ4n) is 3.85. The molecule has 3 rings (SSSR count). The number of morpholine rings is 1.